The van der Waals surface area contributed by atoms with Crippen LogP contribution in [0.5, 0.6) is 0 Å². The van der Waals surface area contributed by atoms with Crippen molar-refractivity contribution in [1.29, 1.82) is 0 Å². The standard InChI is InChI=1S/C24H28O4/c1-26-24(25)22-12-3-2-11-21(22)15-14-20-9-6-8-19(18-20)10-7-17-28-23-13-4-5-16-27-23/h2-3,6,8-9,11-12,14-15,18,23H,4-5,7,10,13,16-17H2,1H3/b15-14+. The molecule has 2 aromatic carbocycles. The monoisotopic (exact) mass is 380 g/mol. The molecule has 4 nitrogen and oxygen atoms in total. The van der Waals surface area contributed by atoms with Gasteiger partial charge in [-0.15, -0.1) is 0 Å². The van der Waals surface area contributed by atoms with Crippen molar-refractivity contribution in [1.82, 2.24) is 0 Å². The molecular weight excluding hydrogens is 352 g/mol. The van der Waals surface area contributed by atoms with E-state index < -0.39 is 0 Å². The molecule has 1 unspecified atom stereocenters. The van der Waals surface area contributed by atoms with E-state index in [1.807, 2.05) is 30.4 Å². The quantitative estimate of drug-likeness (QED) is 0.362. The molecule has 1 atom stereocenters. The topological polar surface area (TPSA) is 44.8 Å². The van der Waals surface area contributed by atoms with Crippen molar-refractivity contribution in [2.24, 2.45) is 0 Å². The van der Waals surface area contributed by atoms with Crippen molar-refractivity contribution < 1.29 is 19.0 Å². The maximum atomic E-state index is 11.9. The van der Waals surface area contributed by atoms with Gasteiger partial charge >= 0.3 is 5.97 Å². The van der Waals surface area contributed by atoms with E-state index in [1.54, 1.807) is 6.07 Å². The summed E-state index contributed by atoms with van der Waals surface area (Å²) in [4.78, 5) is 11.9. The zero-order valence-electron chi connectivity index (χ0n) is 16.4. The third kappa shape index (κ3) is 6.04. The Kier molecular flexibility index (Phi) is 7.82. The smallest absolute Gasteiger partial charge is 0.338 e. The molecule has 2 aromatic rings. The molecule has 4 heteroatoms. The third-order valence-electron chi connectivity index (χ3n) is 4.82. The number of ether oxygens (including phenoxy) is 3. The second-order valence-corrected chi connectivity index (χ2v) is 6.93. The first-order valence-electron chi connectivity index (χ1n) is 9.94. The van der Waals surface area contributed by atoms with E-state index in [-0.39, 0.29) is 12.3 Å². The van der Waals surface area contributed by atoms with Gasteiger partial charge in [-0.25, -0.2) is 4.79 Å². The van der Waals surface area contributed by atoms with E-state index in [9.17, 15) is 4.79 Å². The number of carbonyl (C=O) groups excluding carboxylic acids is 1. The Morgan fingerprint density at radius 2 is 2.04 bits per heavy atom. The minimum atomic E-state index is -0.323. The first-order chi connectivity index (χ1) is 13.8. The van der Waals surface area contributed by atoms with Crippen LogP contribution in [0.1, 0.15) is 52.7 Å². The number of hydrogen-bond donors (Lipinski definition) is 0. The molecule has 3 rings (SSSR count). The molecule has 0 saturated carbocycles. The summed E-state index contributed by atoms with van der Waals surface area (Å²) in [6.45, 7) is 1.54. The summed E-state index contributed by atoms with van der Waals surface area (Å²) in [6, 6.07) is 15.9. The molecule has 1 saturated heterocycles. The van der Waals surface area contributed by atoms with Gasteiger partial charge in [-0.3, -0.25) is 0 Å². The van der Waals surface area contributed by atoms with Gasteiger partial charge in [-0.05, 0) is 54.9 Å². The molecular formula is C24H28O4. The summed E-state index contributed by atoms with van der Waals surface area (Å²) in [5.74, 6) is -0.323. The molecule has 1 heterocycles. The van der Waals surface area contributed by atoms with Crippen LogP contribution >= 0.6 is 0 Å². The van der Waals surface area contributed by atoms with Crippen molar-refractivity contribution in [3.8, 4) is 0 Å². The first kappa shape index (κ1) is 20.3. The maximum absolute atomic E-state index is 11.9. The SMILES string of the molecule is COC(=O)c1ccccc1/C=C/c1cccc(CCCOC2CCCCO2)c1. The summed E-state index contributed by atoms with van der Waals surface area (Å²) in [5, 5.41) is 0. The van der Waals surface area contributed by atoms with Crippen LogP contribution < -0.4 is 0 Å². The van der Waals surface area contributed by atoms with E-state index in [4.69, 9.17) is 14.2 Å². The summed E-state index contributed by atoms with van der Waals surface area (Å²) in [6.07, 6.45) is 9.24. The molecule has 148 valence electrons. The molecule has 28 heavy (non-hydrogen) atoms. The molecule has 0 amide bonds. The fourth-order valence-corrected chi connectivity index (χ4v) is 3.31. The Morgan fingerprint density at radius 1 is 1.14 bits per heavy atom. The highest BCUT2D eigenvalue weighted by Gasteiger charge is 2.13. The van der Waals surface area contributed by atoms with Crippen molar-refractivity contribution in [3.05, 3.63) is 70.8 Å². The van der Waals surface area contributed by atoms with Crippen LogP contribution in [0.4, 0.5) is 0 Å². The minimum absolute atomic E-state index is 0.0158. The zero-order valence-corrected chi connectivity index (χ0v) is 16.4. The predicted octanol–water partition coefficient (Wildman–Crippen LogP) is 5.12. The Balaban J connectivity index is 1.54. The summed E-state index contributed by atoms with van der Waals surface area (Å²) < 4.78 is 16.3. The Morgan fingerprint density at radius 3 is 2.86 bits per heavy atom. The van der Waals surface area contributed by atoms with Gasteiger partial charge < -0.3 is 14.2 Å². The van der Waals surface area contributed by atoms with Crippen LogP contribution in [0.2, 0.25) is 0 Å². The fraction of sp³-hybridized carbons (Fsp3) is 0.375. The van der Waals surface area contributed by atoms with Crippen molar-refractivity contribution >= 4 is 18.1 Å². The van der Waals surface area contributed by atoms with E-state index in [1.165, 1.54) is 19.1 Å². The molecule has 0 N–H and O–H groups in total. The average molecular weight is 380 g/mol. The molecule has 1 aliphatic heterocycles. The van der Waals surface area contributed by atoms with Gasteiger partial charge in [0.25, 0.3) is 0 Å². The highest BCUT2D eigenvalue weighted by atomic mass is 16.7. The normalized spacial score (nSPS) is 17.0. The highest BCUT2D eigenvalue weighted by Crippen LogP contribution is 2.17. The predicted molar refractivity (Wildman–Crippen MR) is 111 cm³/mol. The molecule has 1 aliphatic rings. The number of esters is 1. The minimum Gasteiger partial charge on any atom is -0.465 e. The molecule has 0 aliphatic carbocycles. The van der Waals surface area contributed by atoms with Crippen LogP contribution in [-0.4, -0.2) is 32.6 Å². The van der Waals surface area contributed by atoms with Gasteiger partial charge in [0.2, 0.25) is 0 Å². The lowest BCUT2D eigenvalue weighted by molar-refractivity contribution is -0.162. The maximum Gasteiger partial charge on any atom is 0.338 e. The molecule has 0 radical (unpaired) electrons. The van der Waals surface area contributed by atoms with Crippen molar-refractivity contribution in [2.45, 2.75) is 38.4 Å². The Bertz CT molecular complexity index is 791. The Labute approximate surface area is 167 Å². The van der Waals surface area contributed by atoms with Gasteiger partial charge in [0.05, 0.1) is 19.3 Å². The number of methoxy groups -OCH3 is 1. The van der Waals surface area contributed by atoms with Gasteiger partial charge in [-0.1, -0.05) is 54.6 Å². The van der Waals surface area contributed by atoms with Crippen LogP contribution in [0.15, 0.2) is 48.5 Å². The zero-order chi connectivity index (χ0) is 19.6. The van der Waals surface area contributed by atoms with Crippen LogP contribution in [0.25, 0.3) is 12.2 Å². The molecule has 0 aromatic heterocycles. The van der Waals surface area contributed by atoms with Gasteiger partial charge in [0.15, 0.2) is 6.29 Å². The fourth-order valence-electron chi connectivity index (χ4n) is 3.31. The lowest BCUT2D eigenvalue weighted by Crippen LogP contribution is -2.22. The number of rotatable bonds is 8. The van der Waals surface area contributed by atoms with Crippen LogP contribution in [0.3, 0.4) is 0 Å². The number of aryl methyl sites for hydroxylation is 1. The van der Waals surface area contributed by atoms with Gasteiger partial charge in [-0.2, -0.15) is 0 Å². The average Bonchev–Trinajstić information content (AvgIpc) is 2.76. The summed E-state index contributed by atoms with van der Waals surface area (Å²) in [7, 11) is 1.40. The Hall–Kier alpha value is -2.43. The van der Waals surface area contributed by atoms with Gasteiger partial charge in [0, 0.05) is 6.61 Å². The second-order valence-electron chi connectivity index (χ2n) is 6.93. The van der Waals surface area contributed by atoms with E-state index >= 15 is 0 Å². The molecule has 0 bridgehead atoms. The van der Waals surface area contributed by atoms with E-state index in [0.29, 0.717) is 5.56 Å². The molecule has 1 fully saturated rings. The number of carbonyl (C=O) groups is 1. The third-order valence-corrected chi connectivity index (χ3v) is 4.82. The van der Waals surface area contributed by atoms with Crippen LogP contribution in [0, 0.1) is 0 Å². The van der Waals surface area contributed by atoms with Crippen molar-refractivity contribution in [2.75, 3.05) is 20.3 Å². The summed E-state index contributed by atoms with van der Waals surface area (Å²) >= 11 is 0. The van der Waals surface area contributed by atoms with Crippen LogP contribution in [-0.2, 0) is 20.6 Å². The second kappa shape index (κ2) is 10.8. The molecule has 0 spiro atoms. The largest absolute Gasteiger partial charge is 0.465 e. The lowest BCUT2D eigenvalue weighted by atomic mass is 10.0. The van der Waals surface area contributed by atoms with Crippen molar-refractivity contribution in [3.63, 3.8) is 0 Å². The number of hydrogen-bond acceptors (Lipinski definition) is 4. The lowest BCUT2D eigenvalue weighted by Gasteiger charge is -2.22. The van der Waals surface area contributed by atoms with E-state index in [0.717, 1.165) is 50.0 Å². The highest BCUT2D eigenvalue weighted by molar-refractivity contribution is 5.94. The first-order valence-corrected chi connectivity index (χ1v) is 9.94. The van der Waals surface area contributed by atoms with E-state index in [2.05, 4.69) is 24.3 Å². The summed E-state index contributed by atoms with van der Waals surface area (Å²) in [5.41, 5.74) is 3.80. The number of benzene rings is 2. The van der Waals surface area contributed by atoms with Gasteiger partial charge in [0.1, 0.15) is 0 Å².